The van der Waals surface area contributed by atoms with Crippen molar-refractivity contribution >= 4 is 28.4 Å². The highest BCUT2D eigenvalue weighted by atomic mass is 127. The summed E-state index contributed by atoms with van der Waals surface area (Å²) >= 11 is 1.98. The Balaban J connectivity index is 2.47. The van der Waals surface area contributed by atoms with Crippen LogP contribution < -0.4 is 4.74 Å². The van der Waals surface area contributed by atoms with E-state index in [4.69, 9.17) is 10.1 Å². The molecule has 0 amide bonds. The number of nitrogens with one attached hydrogen (secondary N) is 1. The fourth-order valence-electron chi connectivity index (χ4n) is 1.33. The van der Waals surface area contributed by atoms with Gasteiger partial charge >= 0.3 is 0 Å². The number of halogens is 1. The summed E-state index contributed by atoms with van der Waals surface area (Å²) in [5.74, 6) is 0.629. The van der Waals surface area contributed by atoms with Crippen molar-refractivity contribution in [3.05, 3.63) is 33.9 Å². The van der Waals surface area contributed by atoms with Crippen LogP contribution in [-0.4, -0.2) is 32.8 Å². The molecule has 0 bridgehead atoms. The van der Waals surface area contributed by atoms with Gasteiger partial charge in [-0.15, -0.1) is 10.2 Å². The van der Waals surface area contributed by atoms with Crippen molar-refractivity contribution in [2.45, 2.75) is 0 Å². The van der Waals surface area contributed by atoms with Gasteiger partial charge in [0.25, 0.3) is 0 Å². The topological polar surface area (TPSA) is 84.0 Å². The number of nitrogens with zero attached hydrogens (tertiary/aromatic N) is 3. The van der Waals surface area contributed by atoms with E-state index in [9.17, 15) is 5.11 Å². The van der Waals surface area contributed by atoms with Crippen LogP contribution in [0.3, 0.4) is 0 Å². The second-order valence-corrected chi connectivity index (χ2v) is 4.39. The number of aromatic hydroxyl groups is 1. The number of phenols is 1. The molecule has 17 heavy (non-hydrogen) atoms. The highest BCUT2D eigenvalue weighted by Gasteiger charge is 2.12. The van der Waals surface area contributed by atoms with Crippen molar-refractivity contribution in [1.29, 1.82) is 5.41 Å². The molecule has 1 aromatic carbocycles. The molecule has 88 valence electrons. The normalized spacial score (nSPS) is 10.2. The Morgan fingerprint density at radius 3 is 2.65 bits per heavy atom. The van der Waals surface area contributed by atoms with E-state index in [0.717, 1.165) is 0 Å². The zero-order valence-corrected chi connectivity index (χ0v) is 11.0. The Labute approximate surface area is 111 Å². The van der Waals surface area contributed by atoms with E-state index >= 15 is 0 Å². The molecule has 2 aromatic rings. The van der Waals surface area contributed by atoms with Crippen molar-refractivity contribution in [1.82, 2.24) is 14.8 Å². The second kappa shape index (κ2) is 4.70. The predicted octanol–water partition coefficient (Wildman–Crippen LogP) is 1.47. The lowest BCUT2D eigenvalue weighted by atomic mass is 10.2. The molecule has 0 radical (unpaired) electrons. The van der Waals surface area contributed by atoms with Crippen LogP contribution in [0, 0.1) is 8.98 Å². The van der Waals surface area contributed by atoms with Gasteiger partial charge in [-0.1, -0.05) is 0 Å². The van der Waals surface area contributed by atoms with Crippen LogP contribution in [0.25, 0.3) is 0 Å². The van der Waals surface area contributed by atoms with Gasteiger partial charge in [-0.3, -0.25) is 9.98 Å². The fraction of sp³-hybridized carbons (Fsp3) is 0.100. The van der Waals surface area contributed by atoms with E-state index in [1.54, 1.807) is 12.1 Å². The molecule has 0 aliphatic heterocycles. The van der Waals surface area contributed by atoms with Gasteiger partial charge in [0.05, 0.1) is 10.7 Å². The third-order valence-electron chi connectivity index (χ3n) is 2.20. The van der Waals surface area contributed by atoms with Crippen molar-refractivity contribution < 1.29 is 9.84 Å². The second-order valence-electron chi connectivity index (χ2n) is 3.23. The van der Waals surface area contributed by atoms with Gasteiger partial charge in [-0.25, -0.2) is 0 Å². The number of aromatic nitrogens is 3. The Morgan fingerprint density at radius 2 is 2.06 bits per heavy atom. The highest BCUT2D eigenvalue weighted by Crippen LogP contribution is 2.32. The van der Waals surface area contributed by atoms with Crippen molar-refractivity contribution in [2.75, 3.05) is 7.11 Å². The Hall–Kier alpha value is -1.64. The Bertz CT molecular complexity index is 554. The van der Waals surface area contributed by atoms with Gasteiger partial charge in [0.2, 0.25) is 0 Å². The zero-order valence-electron chi connectivity index (χ0n) is 8.88. The molecule has 0 saturated carbocycles. The lowest BCUT2D eigenvalue weighted by molar-refractivity contribution is 0.371. The average molecular weight is 344 g/mol. The smallest absolute Gasteiger partial charge is 0.171 e. The molecule has 0 atom stereocenters. The maximum atomic E-state index is 9.70. The number of hydrogen-bond donors (Lipinski definition) is 2. The maximum Gasteiger partial charge on any atom is 0.171 e. The molecule has 0 fully saturated rings. The first-order valence-corrected chi connectivity index (χ1v) is 5.71. The first kappa shape index (κ1) is 11.8. The minimum Gasteiger partial charge on any atom is -0.504 e. The summed E-state index contributed by atoms with van der Waals surface area (Å²) < 4.78 is 7.14. The SMILES string of the molecule is COc1cc(C(=N)n2cnnc2)cc(I)c1O. The van der Waals surface area contributed by atoms with Gasteiger partial charge in [0, 0.05) is 5.56 Å². The molecule has 0 aliphatic rings. The van der Waals surface area contributed by atoms with Crippen molar-refractivity contribution in [2.24, 2.45) is 0 Å². The fourth-order valence-corrected chi connectivity index (χ4v) is 1.93. The summed E-state index contributed by atoms with van der Waals surface area (Å²) in [6, 6.07) is 3.29. The van der Waals surface area contributed by atoms with Gasteiger partial charge in [0.1, 0.15) is 18.5 Å². The molecule has 0 unspecified atom stereocenters. The number of hydrogen-bond acceptors (Lipinski definition) is 5. The first-order valence-electron chi connectivity index (χ1n) is 4.64. The monoisotopic (exact) mass is 344 g/mol. The van der Waals surface area contributed by atoms with E-state index in [0.29, 0.717) is 14.9 Å². The molecule has 1 heterocycles. The van der Waals surface area contributed by atoms with Crippen LogP contribution in [0.2, 0.25) is 0 Å². The number of rotatable bonds is 2. The lowest BCUT2D eigenvalue weighted by Crippen LogP contribution is -2.10. The number of ether oxygens (including phenoxy) is 1. The van der Waals surface area contributed by atoms with Crippen LogP contribution in [-0.2, 0) is 0 Å². The molecular weight excluding hydrogens is 335 g/mol. The molecule has 7 heteroatoms. The number of phenolic OH excluding ortho intramolecular Hbond substituents is 1. The summed E-state index contributed by atoms with van der Waals surface area (Å²) in [5, 5.41) is 25.0. The molecule has 2 N–H and O–H groups in total. The Morgan fingerprint density at radius 1 is 1.41 bits per heavy atom. The van der Waals surface area contributed by atoms with Crippen LogP contribution >= 0.6 is 22.6 Å². The van der Waals surface area contributed by atoms with E-state index in [2.05, 4.69) is 10.2 Å². The third-order valence-corrected chi connectivity index (χ3v) is 3.02. The zero-order chi connectivity index (χ0) is 12.4. The summed E-state index contributed by atoms with van der Waals surface area (Å²) in [6.07, 6.45) is 2.88. The summed E-state index contributed by atoms with van der Waals surface area (Å²) in [4.78, 5) is 0. The molecule has 6 nitrogen and oxygen atoms in total. The van der Waals surface area contributed by atoms with Crippen LogP contribution in [0.15, 0.2) is 24.8 Å². The summed E-state index contributed by atoms with van der Waals surface area (Å²) in [7, 11) is 1.47. The standard InChI is InChI=1S/C10H9IN4O2/c1-17-8-3-6(2-7(11)9(8)16)10(12)15-4-13-14-5-15/h2-5,12,16H,1H3. The highest BCUT2D eigenvalue weighted by molar-refractivity contribution is 14.1. The molecule has 2 rings (SSSR count). The van der Waals surface area contributed by atoms with Gasteiger partial charge in [-0.05, 0) is 34.7 Å². The largest absolute Gasteiger partial charge is 0.504 e. The predicted molar refractivity (Wildman–Crippen MR) is 69.6 cm³/mol. The summed E-state index contributed by atoms with van der Waals surface area (Å²) in [6.45, 7) is 0. The first-order chi connectivity index (χ1) is 8.13. The van der Waals surface area contributed by atoms with Gasteiger partial charge in [0.15, 0.2) is 11.5 Å². The van der Waals surface area contributed by atoms with Crippen LogP contribution in [0.5, 0.6) is 11.5 Å². The van der Waals surface area contributed by atoms with Crippen LogP contribution in [0.1, 0.15) is 5.56 Å². The van der Waals surface area contributed by atoms with Gasteiger partial charge < -0.3 is 9.84 Å². The molecular formula is C10H9IN4O2. The van der Waals surface area contributed by atoms with E-state index in [1.807, 2.05) is 22.6 Å². The molecule has 0 spiro atoms. The lowest BCUT2D eigenvalue weighted by Gasteiger charge is -2.09. The quantitative estimate of drug-likeness (QED) is 0.491. The molecule has 0 aliphatic carbocycles. The summed E-state index contributed by atoms with van der Waals surface area (Å²) in [5.41, 5.74) is 0.615. The molecule has 0 saturated heterocycles. The maximum absolute atomic E-state index is 9.70. The van der Waals surface area contributed by atoms with E-state index in [1.165, 1.54) is 24.3 Å². The van der Waals surface area contributed by atoms with E-state index < -0.39 is 0 Å². The number of methoxy groups -OCH3 is 1. The average Bonchev–Trinajstić information content (AvgIpc) is 2.85. The third kappa shape index (κ3) is 2.23. The van der Waals surface area contributed by atoms with Gasteiger partial charge in [-0.2, -0.15) is 0 Å². The minimum absolute atomic E-state index is 0.0772. The number of benzene rings is 1. The molecule has 1 aromatic heterocycles. The van der Waals surface area contributed by atoms with Crippen LogP contribution in [0.4, 0.5) is 0 Å². The van der Waals surface area contributed by atoms with Crippen molar-refractivity contribution in [3.63, 3.8) is 0 Å². The minimum atomic E-state index is 0.0772. The Kier molecular flexibility index (Phi) is 3.27. The van der Waals surface area contributed by atoms with E-state index in [-0.39, 0.29) is 11.6 Å². The van der Waals surface area contributed by atoms with Crippen molar-refractivity contribution in [3.8, 4) is 11.5 Å².